The number of phenolic OH excluding ortho intramolecular Hbond substituents is 1. The second kappa shape index (κ2) is 5.54. The molecule has 1 aromatic rings. The molecule has 0 saturated heterocycles. The minimum atomic E-state index is 0.142. The summed E-state index contributed by atoms with van der Waals surface area (Å²) >= 11 is 5.91. The largest absolute Gasteiger partial charge is 0.506 e. The van der Waals surface area contributed by atoms with E-state index in [2.05, 4.69) is 0 Å². The van der Waals surface area contributed by atoms with Crippen LogP contribution in [0.2, 0.25) is 5.02 Å². The first kappa shape index (κ1) is 12.4. The molecule has 0 atom stereocenters. The molecule has 1 aromatic carbocycles. The van der Waals surface area contributed by atoms with Crippen LogP contribution in [0.5, 0.6) is 5.75 Å². The summed E-state index contributed by atoms with van der Waals surface area (Å²) in [6.07, 6.45) is 7.88. The molecule has 0 aromatic heterocycles. The first-order valence-electron chi connectivity index (χ1n) is 6.17. The fraction of sp³-hybridized carbons (Fsp3) is 0.500. The van der Waals surface area contributed by atoms with E-state index in [-0.39, 0.29) is 10.8 Å². The predicted octanol–water partition coefficient (Wildman–Crippen LogP) is 3.98. The second-order valence-electron chi connectivity index (χ2n) is 4.84. The molecule has 3 heteroatoms. The zero-order chi connectivity index (χ0) is 12.3. The first-order chi connectivity index (χ1) is 8.20. The maximum atomic E-state index is 10.8. The molecule has 0 aliphatic heterocycles. The highest BCUT2D eigenvalue weighted by molar-refractivity contribution is 6.32. The number of rotatable bonds is 3. The first-order valence-corrected chi connectivity index (χ1v) is 6.55. The number of phenols is 1. The molecule has 2 rings (SSSR count). The summed E-state index contributed by atoms with van der Waals surface area (Å²) in [4.78, 5) is 10.8. The Labute approximate surface area is 107 Å². The number of aldehydes is 1. The van der Waals surface area contributed by atoms with Crippen molar-refractivity contribution in [2.75, 3.05) is 0 Å². The van der Waals surface area contributed by atoms with Gasteiger partial charge in [-0.05, 0) is 30.0 Å². The molecule has 1 N–H and O–H groups in total. The molecular formula is C14H17ClO2. The van der Waals surface area contributed by atoms with Crippen LogP contribution >= 0.6 is 11.6 Å². The average molecular weight is 253 g/mol. The molecule has 1 saturated carbocycles. The fourth-order valence-corrected chi connectivity index (χ4v) is 2.85. The average Bonchev–Trinajstić information content (AvgIpc) is 2.36. The third-order valence-corrected chi connectivity index (χ3v) is 3.82. The number of carbonyl (C=O) groups excluding carboxylic acids is 1. The van der Waals surface area contributed by atoms with Crippen LogP contribution in [0.4, 0.5) is 0 Å². The van der Waals surface area contributed by atoms with E-state index in [1.807, 2.05) is 0 Å². The van der Waals surface area contributed by atoms with E-state index in [4.69, 9.17) is 11.6 Å². The normalized spacial score (nSPS) is 17.0. The molecule has 0 unspecified atom stereocenters. The molecule has 0 heterocycles. The van der Waals surface area contributed by atoms with E-state index in [0.29, 0.717) is 11.5 Å². The summed E-state index contributed by atoms with van der Waals surface area (Å²) in [5.74, 6) is 0.760. The molecule has 0 radical (unpaired) electrons. The SMILES string of the molecule is O=Cc1cc(Cl)c(O)c(CC2CCCCC2)c1. The van der Waals surface area contributed by atoms with Crippen molar-refractivity contribution in [3.63, 3.8) is 0 Å². The van der Waals surface area contributed by atoms with E-state index in [0.717, 1.165) is 18.3 Å². The van der Waals surface area contributed by atoms with Crippen LogP contribution in [0.1, 0.15) is 48.0 Å². The van der Waals surface area contributed by atoms with E-state index >= 15 is 0 Å². The zero-order valence-electron chi connectivity index (χ0n) is 9.79. The smallest absolute Gasteiger partial charge is 0.150 e. The van der Waals surface area contributed by atoms with Gasteiger partial charge in [0, 0.05) is 5.56 Å². The maximum absolute atomic E-state index is 10.8. The molecule has 1 aliphatic rings. The van der Waals surface area contributed by atoms with Crippen LogP contribution in [0, 0.1) is 5.92 Å². The van der Waals surface area contributed by atoms with Crippen molar-refractivity contribution in [3.8, 4) is 5.75 Å². The Morgan fingerprint density at radius 1 is 1.29 bits per heavy atom. The van der Waals surface area contributed by atoms with Crippen LogP contribution in [0.15, 0.2) is 12.1 Å². The lowest BCUT2D eigenvalue weighted by Crippen LogP contribution is -2.09. The van der Waals surface area contributed by atoms with Gasteiger partial charge in [-0.2, -0.15) is 0 Å². The Hall–Kier alpha value is -1.02. The summed E-state index contributed by atoms with van der Waals surface area (Å²) in [6.45, 7) is 0. The second-order valence-corrected chi connectivity index (χ2v) is 5.24. The maximum Gasteiger partial charge on any atom is 0.150 e. The monoisotopic (exact) mass is 252 g/mol. The van der Waals surface area contributed by atoms with Gasteiger partial charge in [-0.15, -0.1) is 0 Å². The van der Waals surface area contributed by atoms with Gasteiger partial charge in [0.2, 0.25) is 0 Å². The lowest BCUT2D eigenvalue weighted by Gasteiger charge is -2.22. The summed E-state index contributed by atoms with van der Waals surface area (Å²) < 4.78 is 0. The van der Waals surface area contributed by atoms with Crippen LogP contribution in [0.25, 0.3) is 0 Å². The number of hydrogen-bond donors (Lipinski definition) is 1. The number of hydrogen-bond acceptors (Lipinski definition) is 2. The van der Waals surface area contributed by atoms with E-state index in [9.17, 15) is 9.90 Å². The lowest BCUT2D eigenvalue weighted by molar-refractivity contribution is 0.112. The van der Waals surface area contributed by atoms with Crippen molar-refractivity contribution in [3.05, 3.63) is 28.3 Å². The van der Waals surface area contributed by atoms with Gasteiger partial charge >= 0.3 is 0 Å². The summed E-state index contributed by atoms with van der Waals surface area (Å²) in [5, 5.41) is 10.2. The molecule has 1 aliphatic carbocycles. The third kappa shape index (κ3) is 3.01. The van der Waals surface area contributed by atoms with Crippen molar-refractivity contribution in [1.82, 2.24) is 0 Å². The Balaban J connectivity index is 2.18. The Kier molecular flexibility index (Phi) is 4.06. The molecule has 1 fully saturated rings. The quantitative estimate of drug-likeness (QED) is 0.827. The van der Waals surface area contributed by atoms with Crippen molar-refractivity contribution in [1.29, 1.82) is 0 Å². The summed E-state index contributed by atoms with van der Waals surface area (Å²) in [7, 11) is 0. The van der Waals surface area contributed by atoms with Crippen LogP contribution in [-0.2, 0) is 6.42 Å². The van der Waals surface area contributed by atoms with Crippen molar-refractivity contribution >= 4 is 17.9 Å². The molecule has 2 nitrogen and oxygen atoms in total. The van der Waals surface area contributed by atoms with Crippen LogP contribution < -0.4 is 0 Å². The molecular weight excluding hydrogens is 236 g/mol. The summed E-state index contributed by atoms with van der Waals surface area (Å²) in [6, 6.07) is 3.26. The molecule has 92 valence electrons. The van der Waals surface area contributed by atoms with Gasteiger partial charge in [0.05, 0.1) is 5.02 Å². The van der Waals surface area contributed by atoms with Gasteiger partial charge in [0.15, 0.2) is 0 Å². The van der Waals surface area contributed by atoms with Gasteiger partial charge in [0.1, 0.15) is 12.0 Å². The Morgan fingerprint density at radius 3 is 2.65 bits per heavy atom. The highest BCUT2D eigenvalue weighted by Crippen LogP contribution is 2.34. The molecule has 0 spiro atoms. The van der Waals surface area contributed by atoms with E-state index in [1.54, 1.807) is 6.07 Å². The van der Waals surface area contributed by atoms with Crippen LogP contribution in [0.3, 0.4) is 0 Å². The zero-order valence-corrected chi connectivity index (χ0v) is 10.5. The van der Waals surface area contributed by atoms with Gasteiger partial charge in [-0.25, -0.2) is 0 Å². The highest BCUT2D eigenvalue weighted by Gasteiger charge is 2.17. The van der Waals surface area contributed by atoms with Crippen molar-refractivity contribution < 1.29 is 9.90 Å². The van der Waals surface area contributed by atoms with Gasteiger partial charge in [-0.1, -0.05) is 43.7 Å². The minimum absolute atomic E-state index is 0.142. The lowest BCUT2D eigenvalue weighted by atomic mass is 9.84. The summed E-state index contributed by atoms with van der Waals surface area (Å²) in [5.41, 5.74) is 1.35. The van der Waals surface area contributed by atoms with E-state index < -0.39 is 0 Å². The molecule has 0 bridgehead atoms. The number of benzene rings is 1. The Bertz CT molecular complexity index is 409. The van der Waals surface area contributed by atoms with Crippen LogP contribution in [-0.4, -0.2) is 11.4 Å². The van der Waals surface area contributed by atoms with Gasteiger partial charge in [-0.3, -0.25) is 4.79 Å². The topological polar surface area (TPSA) is 37.3 Å². The number of carbonyl (C=O) groups is 1. The van der Waals surface area contributed by atoms with Gasteiger partial charge in [0.25, 0.3) is 0 Å². The van der Waals surface area contributed by atoms with Crippen molar-refractivity contribution in [2.24, 2.45) is 5.92 Å². The molecule has 0 amide bonds. The minimum Gasteiger partial charge on any atom is -0.506 e. The number of aromatic hydroxyl groups is 1. The predicted molar refractivity (Wildman–Crippen MR) is 68.8 cm³/mol. The fourth-order valence-electron chi connectivity index (χ4n) is 2.61. The standard InChI is InChI=1S/C14H17ClO2/c15-13-8-11(9-16)7-12(14(13)17)6-10-4-2-1-3-5-10/h7-10,17H,1-6H2. The highest BCUT2D eigenvalue weighted by atomic mass is 35.5. The number of halogens is 1. The van der Waals surface area contributed by atoms with Gasteiger partial charge < -0.3 is 5.11 Å². The van der Waals surface area contributed by atoms with Crippen molar-refractivity contribution in [2.45, 2.75) is 38.5 Å². The third-order valence-electron chi connectivity index (χ3n) is 3.53. The Morgan fingerprint density at radius 2 is 2.00 bits per heavy atom. The molecule has 17 heavy (non-hydrogen) atoms. The van der Waals surface area contributed by atoms with E-state index in [1.165, 1.54) is 38.2 Å².